The molecular formula is C19H16N3Na2O8PS. The van der Waals surface area contributed by atoms with Crippen LogP contribution in [0.5, 0.6) is 5.75 Å². The van der Waals surface area contributed by atoms with E-state index in [4.69, 9.17) is 0 Å². The summed E-state index contributed by atoms with van der Waals surface area (Å²) in [5, 5.41) is 20.8. The third kappa shape index (κ3) is 7.67. The fourth-order valence-electron chi connectivity index (χ4n) is 2.80. The van der Waals surface area contributed by atoms with Crippen LogP contribution in [0.1, 0.15) is 6.92 Å². The molecule has 0 radical (unpaired) electrons. The van der Waals surface area contributed by atoms with Crippen LogP contribution in [-0.2, 0) is 19.5 Å². The number of fused-ring (bicyclic) bond motifs is 1. The predicted octanol–water partition coefficient (Wildman–Crippen LogP) is -4.24. The van der Waals surface area contributed by atoms with Crippen LogP contribution in [0.4, 0.5) is 17.1 Å². The number of benzene rings is 3. The molecule has 0 spiro atoms. The molecule has 0 heterocycles. The minimum Gasteiger partial charge on any atom is -0.807 e. The molecule has 3 aromatic rings. The van der Waals surface area contributed by atoms with Gasteiger partial charge < -0.3 is 24.8 Å². The van der Waals surface area contributed by atoms with Gasteiger partial charge in [0, 0.05) is 11.1 Å². The van der Waals surface area contributed by atoms with Crippen molar-refractivity contribution in [1.29, 1.82) is 0 Å². The molecule has 3 N–H and O–H groups in total. The van der Waals surface area contributed by atoms with E-state index in [1.54, 1.807) is 6.07 Å². The van der Waals surface area contributed by atoms with Crippen molar-refractivity contribution in [2.24, 2.45) is 10.2 Å². The summed E-state index contributed by atoms with van der Waals surface area (Å²) in [6.07, 6.45) is 0. The molecular weight excluding hydrogens is 507 g/mol. The maximum absolute atomic E-state index is 11.9. The van der Waals surface area contributed by atoms with Gasteiger partial charge in [-0.15, -0.1) is 5.11 Å². The van der Waals surface area contributed by atoms with E-state index in [0.29, 0.717) is 5.69 Å². The number of phenolic OH excluding ortho intramolecular Hbond substituents is 1. The second-order valence-electron chi connectivity index (χ2n) is 6.76. The summed E-state index contributed by atoms with van der Waals surface area (Å²) < 4.78 is 44.5. The second-order valence-corrected chi connectivity index (χ2v) is 9.66. The van der Waals surface area contributed by atoms with E-state index in [1.807, 2.05) is 0 Å². The number of nitrogens with one attached hydrogen (secondary N) is 1. The summed E-state index contributed by atoms with van der Waals surface area (Å²) in [6.45, 7) is 1.41. The van der Waals surface area contributed by atoms with E-state index >= 15 is 0 Å². The van der Waals surface area contributed by atoms with E-state index in [0.717, 1.165) is 18.2 Å². The molecule has 0 aliphatic rings. The Labute approximate surface area is 239 Å². The predicted molar refractivity (Wildman–Crippen MR) is 112 cm³/mol. The van der Waals surface area contributed by atoms with Crippen molar-refractivity contribution in [3.63, 3.8) is 0 Å². The van der Waals surface area contributed by atoms with Gasteiger partial charge in [-0.2, -0.15) is 13.5 Å². The third-order valence-corrected chi connectivity index (χ3v) is 6.06. The Morgan fingerprint density at radius 2 is 1.76 bits per heavy atom. The molecule has 11 nitrogen and oxygen atoms in total. The molecule has 0 aromatic heterocycles. The van der Waals surface area contributed by atoms with E-state index in [1.165, 1.54) is 31.2 Å². The Bertz CT molecular complexity index is 1410. The van der Waals surface area contributed by atoms with Crippen molar-refractivity contribution in [2.45, 2.75) is 11.8 Å². The van der Waals surface area contributed by atoms with Crippen LogP contribution in [-0.4, -0.2) is 30.4 Å². The van der Waals surface area contributed by atoms with E-state index < -0.39 is 39.4 Å². The number of carbonyl (C=O) groups is 1. The number of rotatable bonds is 7. The summed E-state index contributed by atoms with van der Waals surface area (Å²) >= 11 is 0. The first-order valence-corrected chi connectivity index (χ1v) is 11.9. The van der Waals surface area contributed by atoms with Crippen molar-refractivity contribution >= 4 is 56.6 Å². The first kappa shape index (κ1) is 30.9. The molecule has 0 bridgehead atoms. The molecule has 0 atom stereocenters. The van der Waals surface area contributed by atoms with Crippen LogP contribution < -0.4 is 79.5 Å². The van der Waals surface area contributed by atoms with Gasteiger partial charge in [0.05, 0.1) is 12.2 Å². The van der Waals surface area contributed by atoms with Crippen molar-refractivity contribution in [3.05, 3.63) is 48.5 Å². The van der Waals surface area contributed by atoms with Crippen LogP contribution in [0.3, 0.4) is 0 Å². The van der Waals surface area contributed by atoms with Crippen LogP contribution in [0, 0.1) is 0 Å². The van der Waals surface area contributed by atoms with Gasteiger partial charge in [-0.05, 0) is 55.5 Å². The number of ketones is 1. The van der Waals surface area contributed by atoms with Crippen molar-refractivity contribution in [3.8, 4) is 5.75 Å². The molecule has 0 amide bonds. The summed E-state index contributed by atoms with van der Waals surface area (Å²) in [5.74, 6) is -0.756. The summed E-state index contributed by atoms with van der Waals surface area (Å²) in [7, 11) is -9.89. The standard InChI is InChI=1S/C19H18N3O8PS.2Na/c1-11(23)10-20-13-6-5-12-7-17(32(28,29)30)18(19(24)16(12)9-13)22-21-14-3-2-4-15(8-14)31(25,26)27;;/h2-9,20,24H,10H2,1H3,(H2,25,26,27)(H,28,29,30);;/q;2*+1/p-2. The fraction of sp³-hybridized carbons (Fsp3) is 0.105. The minimum absolute atomic E-state index is 0. The number of phenols is 1. The van der Waals surface area contributed by atoms with Crippen molar-refractivity contribution in [1.82, 2.24) is 0 Å². The van der Waals surface area contributed by atoms with Crippen molar-refractivity contribution < 1.29 is 96.3 Å². The quantitative estimate of drug-likeness (QED) is 0.119. The average Bonchev–Trinajstić information content (AvgIpc) is 2.70. The topological polar surface area (TPSA) is 192 Å². The molecule has 3 rings (SSSR count). The van der Waals surface area contributed by atoms with Crippen LogP contribution in [0.25, 0.3) is 10.8 Å². The molecule has 0 saturated carbocycles. The number of anilines is 1. The Morgan fingerprint density at radius 1 is 1.09 bits per heavy atom. The van der Waals surface area contributed by atoms with Crippen molar-refractivity contribution in [2.75, 3.05) is 11.9 Å². The van der Waals surface area contributed by atoms with Gasteiger partial charge in [-0.3, -0.25) is 9.35 Å². The number of hydrogen-bond donors (Lipinski definition) is 3. The zero-order valence-electron chi connectivity index (χ0n) is 18.4. The first-order chi connectivity index (χ1) is 14.9. The SMILES string of the molecule is CC(=O)CNc1ccc2cc(S(=O)(=O)O)c(N=Nc3cccc(P(=O)([O-])[O-])c3)c(O)c2c1.[Na+].[Na+]. The molecule has 0 aliphatic heterocycles. The fourth-order valence-corrected chi connectivity index (χ4v) is 4.02. The average molecular weight is 523 g/mol. The number of aromatic hydroxyl groups is 1. The van der Waals surface area contributed by atoms with E-state index in [9.17, 15) is 37.2 Å². The van der Waals surface area contributed by atoms with E-state index in [-0.39, 0.29) is 87.9 Å². The maximum Gasteiger partial charge on any atom is 1.00 e. The van der Waals surface area contributed by atoms with Crippen LogP contribution >= 0.6 is 7.60 Å². The van der Waals surface area contributed by atoms with Gasteiger partial charge in [0.15, 0.2) is 5.75 Å². The van der Waals surface area contributed by atoms with Crippen LogP contribution in [0.2, 0.25) is 0 Å². The first-order valence-electron chi connectivity index (χ1n) is 8.91. The molecule has 168 valence electrons. The number of nitrogens with zero attached hydrogens (tertiary/aromatic N) is 2. The number of azo groups is 1. The van der Waals surface area contributed by atoms with Gasteiger partial charge in [0.2, 0.25) is 0 Å². The largest absolute Gasteiger partial charge is 1.00 e. The molecule has 34 heavy (non-hydrogen) atoms. The Morgan fingerprint density at radius 3 is 2.35 bits per heavy atom. The van der Waals surface area contributed by atoms with Gasteiger partial charge in [0.25, 0.3) is 10.1 Å². The molecule has 0 fully saturated rings. The van der Waals surface area contributed by atoms with Crippen LogP contribution in [0.15, 0.2) is 63.7 Å². The van der Waals surface area contributed by atoms with Gasteiger partial charge >= 0.3 is 59.1 Å². The molecule has 0 aliphatic carbocycles. The molecule has 3 aromatic carbocycles. The minimum atomic E-state index is -5.06. The Balaban J connectivity index is 0.00000289. The monoisotopic (exact) mass is 523 g/mol. The zero-order valence-corrected chi connectivity index (χ0v) is 24.1. The normalized spacial score (nSPS) is 11.6. The summed E-state index contributed by atoms with van der Waals surface area (Å²) in [5.41, 5.74) is -0.242. The number of Topliss-reactive ketones (excluding diaryl/α,β-unsaturated/α-hetero) is 1. The smallest absolute Gasteiger partial charge is 0.807 e. The van der Waals surface area contributed by atoms with Gasteiger partial charge in [-0.25, -0.2) is 0 Å². The molecule has 0 saturated heterocycles. The molecule has 15 heteroatoms. The second kappa shape index (κ2) is 12.2. The van der Waals surface area contributed by atoms with Gasteiger partial charge in [0.1, 0.15) is 16.4 Å². The zero-order chi connectivity index (χ0) is 23.7. The third-order valence-electron chi connectivity index (χ3n) is 4.28. The Kier molecular flexibility index (Phi) is 11.1. The summed E-state index contributed by atoms with van der Waals surface area (Å²) in [4.78, 5) is 32.8. The number of carbonyl (C=O) groups excluding carboxylic acids is 1. The van der Waals surface area contributed by atoms with Gasteiger partial charge in [-0.1, -0.05) is 18.2 Å². The molecule has 0 unspecified atom stereocenters. The number of hydrogen-bond acceptors (Lipinski definition) is 10. The maximum atomic E-state index is 11.9. The summed E-state index contributed by atoms with van der Waals surface area (Å²) in [6, 6.07) is 10.1. The van der Waals surface area contributed by atoms with E-state index in [2.05, 4.69) is 15.5 Å². The Hall–Kier alpha value is -1.15.